The second-order valence-electron chi connectivity index (χ2n) is 8.46. The van der Waals surface area contributed by atoms with Gasteiger partial charge in [-0.3, -0.25) is 9.59 Å². The van der Waals surface area contributed by atoms with Gasteiger partial charge in [-0.1, -0.05) is 18.0 Å². The van der Waals surface area contributed by atoms with Crippen molar-refractivity contribution in [3.05, 3.63) is 64.1 Å². The Morgan fingerprint density at radius 2 is 1.90 bits per heavy atom. The lowest BCUT2D eigenvalue weighted by Crippen LogP contribution is -2.46. The summed E-state index contributed by atoms with van der Waals surface area (Å²) in [4.78, 5) is 30.4. The molecule has 9 heteroatoms. The van der Waals surface area contributed by atoms with Gasteiger partial charge in [-0.05, 0) is 55.5 Å². The van der Waals surface area contributed by atoms with E-state index >= 15 is 0 Å². The normalized spacial score (nSPS) is 18.2. The van der Waals surface area contributed by atoms with Gasteiger partial charge in [0.05, 0.1) is 0 Å². The summed E-state index contributed by atoms with van der Waals surface area (Å²) in [6.45, 7) is 1.10. The Balaban J connectivity index is 1.36. The number of carbonyl (C=O) groups is 1. The van der Waals surface area contributed by atoms with Crippen LogP contribution in [0.1, 0.15) is 48.4 Å². The van der Waals surface area contributed by atoms with Gasteiger partial charge in [0.15, 0.2) is 5.82 Å². The van der Waals surface area contributed by atoms with Crippen LogP contribution in [-0.2, 0) is 5.41 Å². The minimum atomic E-state index is -0.340. The smallest absolute Gasteiger partial charge is 0.274 e. The molecule has 2 fully saturated rings. The average molecular weight is 423 g/mol. The molecule has 160 valence electrons. The predicted octanol–water partition coefficient (Wildman–Crippen LogP) is 2.93. The van der Waals surface area contributed by atoms with Gasteiger partial charge in [-0.25, -0.2) is 9.49 Å². The number of nitrogens with zero attached hydrogens (tertiary/aromatic N) is 4. The highest BCUT2D eigenvalue weighted by Gasteiger charge is 2.45. The SMILES string of the molecule is O=C(c1ccc(=O)[nH]n1)N1CCC(CC2CC2)(c2noc(-c3ccc(F)cc3)n2)CC1. The van der Waals surface area contributed by atoms with Crippen LogP contribution in [0.25, 0.3) is 11.5 Å². The number of carbonyl (C=O) groups excluding carboxylic acids is 1. The van der Waals surface area contributed by atoms with Gasteiger partial charge < -0.3 is 9.42 Å². The average Bonchev–Trinajstić information content (AvgIpc) is 3.45. The second kappa shape index (κ2) is 7.72. The molecule has 8 nitrogen and oxygen atoms in total. The monoisotopic (exact) mass is 423 g/mol. The molecule has 0 spiro atoms. The Labute approximate surface area is 177 Å². The number of aromatic nitrogens is 4. The van der Waals surface area contributed by atoms with E-state index in [0.717, 1.165) is 19.3 Å². The fourth-order valence-electron chi connectivity index (χ4n) is 4.31. The largest absolute Gasteiger partial charge is 0.337 e. The summed E-state index contributed by atoms with van der Waals surface area (Å²) in [5.74, 6) is 1.17. The number of hydrogen-bond acceptors (Lipinski definition) is 6. The van der Waals surface area contributed by atoms with Gasteiger partial charge in [-0.2, -0.15) is 10.1 Å². The third-order valence-corrected chi connectivity index (χ3v) is 6.27. The van der Waals surface area contributed by atoms with Crippen molar-refractivity contribution in [3.8, 4) is 11.5 Å². The third kappa shape index (κ3) is 3.99. The van der Waals surface area contributed by atoms with Crippen molar-refractivity contribution in [2.45, 2.75) is 37.5 Å². The number of hydrogen-bond donors (Lipinski definition) is 1. The van der Waals surface area contributed by atoms with E-state index in [9.17, 15) is 14.0 Å². The standard InChI is InChI=1S/C22H22FN5O3/c23-16-5-3-15(4-6-16)19-24-21(27-31-19)22(13-14-1-2-14)9-11-28(12-10-22)20(30)17-7-8-18(29)26-25-17/h3-8,14H,1-2,9-13H2,(H,26,29). The van der Waals surface area contributed by atoms with Crippen LogP contribution in [0.4, 0.5) is 4.39 Å². The molecule has 1 aliphatic heterocycles. The molecule has 5 rings (SSSR count). The number of likely N-dealkylation sites (tertiary alicyclic amines) is 1. The Morgan fingerprint density at radius 3 is 2.55 bits per heavy atom. The molecular formula is C22H22FN5O3. The van der Waals surface area contributed by atoms with Crippen molar-refractivity contribution in [2.24, 2.45) is 5.92 Å². The second-order valence-corrected chi connectivity index (χ2v) is 8.46. The van der Waals surface area contributed by atoms with Crippen molar-refractivity contribution >= 4 is 5.91 Å². The van der Waals surface area contributed by atoms with Crippen LogP contribution in [-0.4, -0.2) is 44.2 Å². The van der Waals surface area contributed by atoms with Crippen LogP contribution in [0.5, 0.6) is 0 Å². The first kappa shape index (κ1) is 19.6. The molecule has 1 N–H and O–H groups in total. The molecule has 3 heterocycles. The highest BCUT2D eigenvalue weighted by atomic mass is 19.1. The van der Waals surface area contributed by atoms with Crippen LogP contribution in [0, 0.1) is 11.7 Å². The van der Waals surface area contributed by atoms with Gasteiger partial charge in [0.2, 0.25) is 0 Å². The van der Waals surface area contributed by atoms with E-state index in [4.69, 9.17) is 4.52 Å². The summed E-state index contributed by atoms with van der Waals surface area (Å²) in [6, 6.07) is 8.73. The molecule has 0 atom stereocenters. The van der Waals surface area contributed by atoms with E-state index in [-0.39, 0.29) is 28.4 Å². The molecule has 1 amide bonds. The number of nitrogens with one attached hydrogen (secondary N) is 1. The molecule has 1 saturated carbocycles. The maximum absolute atomic E-state index is 13.2. The van der Waals surface area contributed by atoms with Crippen molar-refractivity contribution in [3.63, 3.8) is 0 Å². The summed E-state index contributed by atoms with van der Waals surface area (Å²) >= 11 is 0. The number of amides is 1. The maximum Gasteiger partial charge on any atom is 0.274 e. The molecular weight excluding hydrogens is 401 g/mol. The number of benzene rings is 1. The number of piperidine rings is 1. The van der Waals surface area contributed by atoms with Crippen LogP contribution in [0.3, 0.4) is 0 Å². The Hall–Kier alpha value is -3.36. The lowest BCUT2D eigenvalue weighted by Gasteiger charge is -2.40. The lowest BCUT2D eigenvalue weighted by atomic mass is 9.73. The van der Waals surface area contributed by atoms with Crippen LogP contribution in [0.2, 0.25) is 0 Å². The molecule has 1 aliphatic carbocycles. The first-order valence-electron chi connectivity index (χ1n) is 10.5. The zero-order valence-electron chi connectivity index (χ0n) is 16.9. The molecule has 2 aromatic heterocycles. The summed E-state index contributed by atoms with van der Waals surface area (Å²) in [7, 11) is 0. The zero-order chi connectivity index (χ0) is 21.4. The highest BCUT2D eigenvalue weighted by molar-refractivity contribution is 5.92. The van der Waals surface area contributed by atoms with Crippen molar-refractivity contribution < 1.29 is 13.7 Å². The summed E-state index contributed by atoms with van der Waals surface area (Å²) in [5.41, 5.74) is 0.316. The zero-order valence-corrected chi connectivity index (χ0v) is 16.9. The quantitative estimate of drug-likeness (QED) is 0.677. The van der Waals surface area contributed by atoms with Gasteiger partial charge in [-0.15, -0.1) is 0 Å². The Morgan fingerprint density at radius 1 is 1.16 bits per heavy atom. The first-order valence-corrected chi connectivity index (χ1v) is 10.5. The van der Waals surface area contributed by atoms with Crippen molar-refractivity contribution in [2.75, 3.05) is 13.1 Å². The third-order valence-electron chi connectivity index (χ3n) is 6.27. The molecule has 2 aliphatic rings. The number of rotatable bonds is 5. The minimum absolute atomic E-state index is 0.198. The van der Waals surface area contributed by atoms with Gasteiger partial charge in [0.25, 0.3) is 17.4 Å². The van der Waals surface area contributed by atoms with E-state index in [0.29, 0.717) is 36.3 Å². The molecule has 31 heavy (non-hydrogen) atoms. The number of H-pyrrole nitrogens is 1. The Bertz CT molecular complexity index is 1120. The van der Waals surface area contributed by atoms with Crippen LogP contribution >= 0.6 is 0 Å². The van der Waals surface area contributed by atoms with Crippen LogP contribution in [0.15, 0.2) is 45.7 Å². The minimum Gasteiger partial charge on any atom is -0.337 e. The maximum atomic E-state index is 13.2. The van der Waals surface area contributed by atoms with Gasteiger partial charge in [0, 0.05) is 30.1 Å². The van der Waals surface area contributed by atoms with Crippen LogP contribution < -0.4 is 5.56 Å². The van der Waals surface area contributed by atoms with Gasteiger partial charge >= 0.3 is 0 Å². The van der Waals surface area contributed by atoms with E-state index in [1.54, 1.807) is 17.0 Å². The van der Waals surface area contributed by atoms with Crippen molar-refractivity contribution in [1.29, 1.82) is 0 Å². The predicted molar refractivity (Wildman–Crippen MR) is 109 cm³/mol. The van der Waals surface area contributed by atoms with E-state index in [2.05, 4.69) is 20.3 Å². The molecule has 1 aromatic carbocycles. The van der Waals surface area contributed by atoms with E-state index in [1.165, 1.54) is 37.1 Å². The number of aromatic amines is 1. The molecule has 0 bridgehead atoms. The highest BCUT2D eigenvalue weighted by Crippen LogP contribution is 2.46. The topological polar surface area (TPSA) is 105 Å². The van der Waals surface area contributed by atoms with E-state index < -0.39 is 0 Å². The lowest BCUT2D eigenvalue weighted by molar-refractivity contribution is 0.0638. The molecule has 0 radical (unpaired) electrons. The molecule has 0 unspecified atom stereocenters. The summed E-state index contributed by atoms with van der Waals surface area (Å²) in [5, 5.41) is 10.5. The Kier molecular flexibility index (Phi) is 4.88. The summed E-state index contributed by atoms with van der Waals surface area (Å²) in [6.07, 6.45) is 4.82. The molecule has 3 aromatic rings. The number of halogens is 1. The fraction of sp³-hybridized carbons (Fsp3) is 0.409. The van der Waals surface area contributed by atoms with Crippen molar-refractivity contribution in [1.82, 2.24) is 25.2 Å². The van der Waals surface area contributed by atoms with E-state index in [1.807, 2.05) is 0 Å². The van der Waals surface area contributed by atoms with Gasteiger partial charge in [0.1, 0.15) is 11.5 Å². The first-order chi connectivity index (χ1) is 15.0. The fourth-order valence-corrected chi connectivity index (χ4v) is 4.31. The molecule has 1 saturated heterocycles. The summed E-state index contributed by atoms with van der Waals surface area (Å²) < 4.78 is 18.8.